The van der Waals surface area contributed by atoms with Crippen LogP contribution in [0.1, 0.15) is 20.3 Å². The van der Waals surface area contributed by atoms with Crippen LogP contribution in [0.25, 0.3) is 0 Å². The molecule has 0 aliphatic carbocycles. The highest BCUT2D eigenvalue weighted by atomic mass is 35.5. The fourth-order valence-electron chi connectivity index (χ4n) is 2.70. The number of halogens is 1. The highest BCUT2D eigenvalue weighted by Crippen LogP contribution is 2.22. The highest BCUT2D eigenvalue weighted by molar-refractivity contribution is 6.30. The molecule has 144 valence electrons. The minimum Gasteiger partial charge on any atom is -0.369 e. The van der Waals surface area contributed by atoms with Gasteiger partial charge in [-0.2, -0.15) is 0 Å². The molecule has 1 fully saturated rings. The Hall–Kier alpha value is -1.95. The van der Waals surface area contributed by atoms with Crippen LogP contribution in [0.5, 0.6) is 0 Å². The van der Waals surface area contributed by atoms with Crippen molar-refractivity contribution in [3.8, 4) is 0 Å². The number of rotatable bonds is 6. The molecule has 1 unspecified atom stereocenters. The van der Waals surface area contributed by atoms with Gasteiger partial charge in [-0.1, -0.05) is 25.4 Å². The summed E-state index contributed by atoms with van der Waals surface area (Å²) in [6.45, 7) is 7.13. The van der Waals surface area contributed by atoms with E-state index in [1.165, 1.54) is 5.69 Å². The lowest BCUT2D eigenvalue weighted by Crippen LogP contribution is -2.46. The number of carbonyl (C=O) groups is 1. The summed E-state index contributed by atoms with van der Waals surface area (Å²) in [6.07, 6.45) is 1.02. The average molecular weight is 380 g/mol. The molecule has 1 aliphatic heterocycles. The van der Waals surface area contributed by atoms with Gasteiger partial charge in [0.05, 0.1) is 0 Å². The van der Waals surface area contributed by atoms with Gasteiger partial charge >= 0.3 is 0 Å². The van der Waals surface area contributed by atoms with Crippen LogP contribution in [-0.2, 0) is 4.79 Å². The number of nitrogens with one attached hydrogen (secondary N) is 2. The van der Waals surface area contributed by atoms with Gasteiger partial charge in [-0.15, -0.1) is 0 Å². The van der Waals surface area contributed by atoms with Crippen LogP contribution in [0, 0.1) is 5.92 Å². The maximum absolute atomic E-state index is 11.8. The number of anilines is 1. The van der Waals surface area contributed by atoms with Crippen molar-refractivity contribution in [2.75, 3.05) is 45.2 Å². The van der Waals surface area contributed by atoms with Crippen LogP contribution in [0.2, 0.25) is 5.02 Å². The van der Waals surface area contributed by atoms with Crippen molar-refractivity contribution < 1.29 is 4.79 Å². The number of nitrogens with zero attached hydrogens (tertiary/aromatic N) is 3. The molecule has 0 radical (unpaired) electrons. The Bertz CT molecular complexity index is 615. The quantitative estimate of drug-likeness (QED) is 0.587. The van der Waals surface area contributed by atoms with Crippen molar-refractivity contribution in [3.05, 3.63) is 29.3 Å². The van der Waals surface area contributed by atoms with Crippen molar-refractivity contribution >= 4 is 29.2 Å². The zero-order valence-electron chi connectivity index (χ0n) is 16.1. The van der Waals surface area contributed by atoms with E-state index in [0.717, 1.165) is 31.1 Å². The molecule has 0 saturated carbocycles. The summed E-state index contributed by atoms with van der Waals surface area (Å²) in [5.41, 5.74) is 1.18. The van der Waals surface area contributed by atoms with Gasteiger partial charge in [-0.05, 0) is 36.6 Å². The zero-order valence-corrected chi connectivity index (χ0v) is 16.9. The molecular weight excluding hydrogens is 350 g/mol. The average Bonchev–Trinajstić information content (AvgIpc) is 3.05. The summed E-state index contributed by atoms with van der Waals surface area (Å²) in [5.74, 6) is 1.20. The van der Waals surface area contributed by atoms with E-state index in [2.05, 4.69) is 34.4 Å². The maximum atomic E-state index is 11.8. The first-order valence-corrected chi connectivity index (χ1v) is 9.48. The number of hydrogen-bond donors (Lipinski definition) is 2. The lowest BCUT2D eigenvalue weighted by molar-refractivity contribution is -0.127. The van der Waals surface area contributed by atoms with Crippen LogP contribution in [-0.4, -0.2) is 63.1 Å². The van der Waals surface area contributed by atoms with E-state index in [9.17, 15) is 4.79 Å². The first-order chi connectivity index (χ1) is 12.3. The monoisotopic (exact) mass is 379 g/mol. The fraction of sp³-hybridized carbons (Fsp3) is 0.579. The Morgan fingerprint density at radius 3 is 2.65 bits per heavy atom. The normalized spacial score (nSPS) is 17.5. The summed E-state index contributed by atoms with van der Waals surface area (Å²) < 4.78 is 0. The standard InChI is InChI=1S/C19H30ClN5O/c1-14(2)11-21-19(22-12-18(26)24(3)4)23-16-9-10-25(13-16)17-7-5-15(20)6-8-17/h5-8,14,16H,9-13H2,1-4H3,(H2,21,22,23). The summed E-state index contributed by atoms with van der Waals surface area (Å²) in [7, 11) is 3.49. The predicted molar refractivity (Wildman–Crippen MR) is 109 cm³/mol. The first kappa shape index (κ1) is 20.4. The van der Waals surface area contributed by atoms with Crippen LogP contribution < -0.4 is 15.5 Å². The lowest BCUT2D eigenvalue weighted by atomic mass is 10.2. The van der Waals surface area contributed by atoms with Gasteiger partial charge in [-0.25, -0.2) is 4.99 Å². The molecule has 1 atom stereocenters. The van der Waals surface area contributed by atoms with Crippen LogP contribution in [0.15, 0.2) is 29.3 Å². The third kappa shape index (κ3) is 6.41. The molecule has 6 nitrogen and oxygen atoms in total. The minimum atomic E-state index is -0.00939. The molecule has 2 N–H and O–H groups in total. The Kier molecular flexibility index (Phi) is 7.57. The zero-order chi connectivity index (χ0) is 19.1. The Balaban J connectivity index is 1.95. The molecule has 26 heavy (non-hydrogen) atoms. The van der Waals surface area contributed by atoms with Gasteiger partial charge in [0.2, 0.25) is 5.91 Å². The second-order valence-electron chi connectivity index (χ2n) is 7.28. The number of guanidine groups is 1. The first-order valence-electron chi connectivity index (χ1n) is 9.10. The van der Waals surface area contributed by atoms with E-state index in [4.69, 9.17) is 11.6 Å². The predicted octanol–water partition coefficient (Wildman–Crippen LogP) is 2.20. The molecule has 1 heterocycles. The number of carbonyl (C=O) groups excluding carboxylic acids is 1. The van der Waals surface area contributed by atoms with Crippen LogP contribution >= 0.6 is 11.6 Å². The maximum Gasteiger partial charge on any atom is 0.243 e. The van der Waals surface area contributed by atoms with Crippen molar-refractivity contribution in [1.82, 2.24) is 15.5 Å². The highest BCUT2D eigenvalue weighted by Gasteiger charge is 2.23. The van der Waals surface area contributed by atoms with Gasteiger partial charge in [0.25, 0.3) is 0 Å². The van der Waals surface area contributed by atoms with E-state index < -0.39 is 0 Å². The summed E-state index contributed by atoms with van der Waals surface area (Å²) in [6, 6.07) is 8.22. The molecular formula is C19H30ClN5O. The Morgan fingerprint density at radius 2 is 2.04 bits per heavy atom. The van der Waals surface area contributed by atoms with Gasteiger partial charge in [0.1, 0.15) is 6.54 Å². The number of benzene rings is 1. The van der Waals surface area contributed by atoms with E-state index in [0.29, 0.717) is 17.9 Å². The molecule has 1 aromatic carbocycles. The SMILES string of the molecule is CC(C)CNC(=NCC(=O)N(C)C)NC1CCN(c2ccc(Cl)cc2)C1. The molecule has 1 amide bonds. The largest absolute Gasteiger partial charge is 0.369 e. The number of aliphatic imine (C=N–C) groups is 1. The number of amides is 1. The Labute approximate surface area is 161 Å². The fourth-order valence-corrected chi connectivity index (χ4v) is 2.83. The summed E-state index contributed by atoms with van der Waals surface area (Å²) >= 11 is 5.97. The van der Waals surface area contributed by atoms with Gasteiger partial charge in [0, 0.05) is 50.5 Å². The van der Waals surface area contributed by atoms with Crippen molar-refractivity contribution in [2.45, 2.75) is 26.3 Å². The molecule has 7 heteroatoms. The third-order valence-corrected chi connectivity index (χ3v) is 4.52. The van der Waals surface area contributed by atoms with Gasteiger partial charge in [-0.3, -0.25) is 4.79 Å². The van der Waals surface area contributed by atoms with Gasteiger partial charge in [0.15, 0.2) is 5.96 Å². The van der Waals surface area contributed by atoms with E-state index in [1.807, 2.05) is 24.3 Å². The molecule has 1 saturated heterocycles. The van der Waals surface area contributed by atoms with E-state index in [1.54, 1.807) is 19.0 Å². The molecule has 0 bridgehead atoms. The molecule has 0 spiro atoms. The number of likely N-dealkylation sites (N-methyl/N-ethyl adjacent to an activating group) is 1. The molecule has 0 aromatic heterocycles. The Morgan fingerprint density at radius 1 is 1.35 bits per heavy atom. The summed E-state index contributed by atoms with van der Waals surface area (Å²) in [4.78, 5) is 20.2. The van der Waals surface area contributed by atoms with Crippen molar-refractivity contribution in [2.24, 2.45) is 10.9 Å². The molecule has 1 aromatic rings. The van der Waals surface area contributed by atoms with Crippen molar-refractivity contribution in [3.63, 3.8) is 0 Å². The third-order valence-electron chi connectivity index (χ3n) is 4.27. The van der Waals surface area contributed by atoms with E-state index >= 15 is 0 Å². The topological polar surface area (TPSA) is 60.0 Å². The van der Waals surface area contributed by atoms with Crippen molar-refractivity contribution in [1.29, 1.82) is 0 Å². The van der Waals surface area contributed by atoms with E-state index in [-0.39, 0.29) is 12.5 Å². The lowest BCUT2D eigenvalue weighted by Gasteiger charge is -2.21. The minimum absolute atomic E-state index is 0.00939. The van der Waals surface area contributed by atoms with Gasteiger partial charge < -0.3 is 20.4 Å². The second-order valence-corrected chi connectivity index (χ2v) is 7.72. The van der Waals surface area contributed by atoms with Crippen LogP contribution in [0.3, 0.4) is 0 Å². The summed E-state index contributed by atoms with van der Waals surface area (Å²) in [5, 5.41) is 7.56. The smallest absolute Gasteiger partial charge is 0.243 e. The second kappa shape index (κ2) is 9.67. The number of hydrogen-bond acceptors (Lipinski definition) is 3. The molecule has 1 aliphatic rings. The van der Waals surface area contributed by atoms with Crippen LogP contribution in [0.4, 0.5) is 5.69 Å². The molecule has 2 rings (SSSR count).